The molecule has 1 N–H and O–H groups in total. The van der Waals surface area contributed by atoms with E-state index in [0.29, 0.717) is 11.5 Å². The third-order valence-corrected chi connectivity index (χ3v) is 5.59. The molecule has 1 aliphatic carbocycles. The molecule has 0 spiro atoms. The van der Waals surface area contributed by atoms with E-state index in [4.69, 9.17) is 0 Å². The van der Waals surface area contributed by atoms with Crippen molar-refractivity contribution in [2.45, 2.75) is 71.9 Å². The molecule has 1 nitrogen and oxygen atoms in total. The summed E-state index contributed by atoms with van der Waals surface area (Å²) in [5.74, 6) is 0. The lowest BCUT2D eigenvalue weighted by atomic mass is 9.80. The highest BCUT2D eigenvalue weighted by molar-refractivity contribution is 14.1. The molecule has 0 aliphatic heterocycles. The van der Waals surface area contributed by atoms with E-state index in [1.807, 2.05) is 11.3 Å². The highest BCUT2D eigenvalue weighted by Crippen LogP contribution is 2.38. The molecule has 0 amide bonds. The molecule has 1 unspecified atom stereocenters. The summed E-state index contributed by atoms with van der Waals surface area (Å²) in [6, 6.07) is 2.95. The van der Waals surface area contributed by atoms with E-state index in [1.165, 1.54) is 28.6 Å². The molecule has 1 aromatic heterocycles. The van der Waals surface area contributed by atoms with Crippen molar-refractivity contribution in [2.24, 2.45) is 5.41 Å². The number of halogens is 1. The first kappa shape index (κ1) is 15.8. The van der Waals surface area contributed by atoms with Gasteiger partial charge in [0.1, 0.15) is 0 Å². The van der Waals surface area contributed by atoms with Crippen LogP contribution in [0, 0.1) is 8.30 Å². The minimum Gasteiger partial charge on any atom is -0.305 e. The molecule has 19 heavy (non-hydrogen) atoms. The molecule has 1 heterocycles. The van der Waals surface area contributed by atoms with Crippen LogP contribution < -0.4 is 5.32 Å². The molecule has 2 rings (SSSR count). The highest BCUT2D eigenvalue weighted by atomic mass is 127. The molecule has 1 aliphatic rings. The van der Waals surface area contributed by atoms with Crippen molar-refractivity contribution in [3.05, 3.63) is 19.4 Å². The second-order valence-electron chi connectivity index (χ2n) is 7.64. The third-order valence-electron chi connectivity index (χ3n) is 3.62. The minimum atomic E-state index is 0.199. The van der Waals surface area contributed by atoms with E-state index in [2.05, 4.69) is 68.6 Å². The highest BCUT2D eigenvalue weighted by Gasteiger charge is 2.31. The van der Waals surface area contributed by atoms with E-state index in [1.54, 1.807) is 10.4 Å². The fraction of sp³-hybridized carbons (Fsp3) is 0.750. The first-order chi connectivity index (χ1) is 8.66. The topological polar surface area (TPSA) is 12.0 Å². The Bertz CT molecular complexity index is 442. The van der Waals surface area contributed by atoms with Gasteiger partial charge in [-0.2, -0.15) is 0 Å². The van der Waals surface area contributed by atoms with Gasteiger partial charge < -0.3 is 5.32 Å². The summed E-state index contributed by atoms with van der Waals surface area (Å²) >= 11 is 4.44. The van der Waals surface area contributed by atoms with Gasteiger partial charge in [0, 0.05) is 16.5 Å². The predicted molar refractivity (Wildman–Crippen MR) is 94.0 cm³/mol. The maximum Gasteiger partial charge on any atom is 0.0659 e. The molecule has 3 heteroatoms. The van der Waals surface area contributed by atoms with E-state index in [0.717, 1.165) is 0 Å². The van der Waals surface area contributed by atoms with Crippen molar-refractivity contribution >= 4 is 33.9 Å². The molecule has 0 bridgehead atoms. The van der Waals surface area contributed by atoms with Crippen LogP contribution in [0.15, 0.2) is 6.07 Å². The lowest BCUT2D eigenvalue weighted by Gasteiger charge is -2.38. The Kier molecular flexibility index (Phi) is 4.69. The Balaban J connectivity index is 2.12. The van der Waals surface area contributed by atoms with Gasteiger partial charge in [0.15, 0.2) is 0 Å². The van der Waals surface area contributed by atoms with Crippen LogP contribution in [-0.2, 0) is 6.42 Å². The monoisotopic (exact) mass is 391 g/mol. The maximum absolute atomic E-state index is 3.92. The van der Waals surface area contributed by atoms with Crippen LogP contribution in [0.4, 0.5) is 0 Å². The zero-order chi connectivity index (χ0) is 14.3. The predicted octanol–water partition coefficient (Wildman–Crippen LogP) is 5.53. The number of aryl methyl sites for hydroxylation is 1. The van der Waals surface area contributed by atoms with Gasteiger partial charge in [-0.1, -0.05) is 20.8 Å². The van der Waals surface area contributed by atoms with Crippen LogP contribution in [-0.4, -0.2) is 5.54 Å². The summed E-state index contributed by atoms with van der Waals surface area (Å²) in [6.45, 7) is 11.7. The van der Waals surface area contributed by atoms with E-state index in [9.17, 15) is 0 Å². The van der Waals surface area contributed by atoms with E-state index < -0.39 is 0 Å². The number of fused-ring (bicyclic) bond motifs is 1. The first-order valence-electron chi connectivity index (χ1n) is 7.22. The Morgan fingerprint density at radius 1 is 1.32 bits per heavy atom. The Labute approximate surface area is 135 Å². The fourth-order valence-electron chi connectivity index (χ4n) is 3.52. The summed E-state index contributed by atoms with van der Waals surface area (Å²) < 4.78 is 1.44. The second kappa shape index (κ2) is 5.64. The zero-order valence-corrected chi connectivity index (χ0v) is 15.7. The lowest BCUT2D eigenvalue weighted by Crippen LogP contribution is -2.45. The largest absolute Gasteiger partial charge is 0.305 e. The van der Waals surface area contributed by atoms with Crippen LogP contribution in [0.5, 0.6) is 0 Å². The van der Waals surface area contributed by atoms with E-state index >= 15 is 0 Å². The van der Waals surface area contributed by atoms with Crippen molar-refractivity contribution in [3.63, 3.8) is 0 Å². The number of rotatable bonds is 3. The third kappa shape index (κ3) is 4.43. The van der Waals surface area contributed by atoms with Crippen molar-refractivity contribution in [1.82, 2.24) is 5.32 Å². The van der Waals surface area contributed by atoms with Gasteiger partial charge in [0.05, 0.1) is 2.88 Å². The molecule has 0 saturated carbocycles. The van der Waals surface area contributed by atoms with E-state index in [-0.39, 0.29) is 5.54 Å². The average Bonchev–Trinajstić information content (AvgIpc) is 2.54. The Morgan fingerprint density at radius 3 is 2.63 bits per heavy atom. The summed E-state index contributed by atoms with van der Waals surface area (Å²) in [4.78, 5) is 1.61. The molecule has 1 aromatic rings. The van der Waals surface area contributed by atoms with Gasteiger partial charge >= 0.3 is 0 Å². The van der Waals surface area contributed by atoms with Crippen LogP contribution in [0.1, 0.15) is 70.4 Å². The molecular weight excluding hydrogens is 365 g/mol. The van der Waals surface area contributed by atoms with Gasteiger partial charge in [-0.15, -0.1) is 11.3 Å². The standard InChI is InChI=1S/C16H26INS/c1-15(2,3)10-16(4,5)18-12-7-6-8-13-11(12)9-14(17)19-13/h9,12,18H,6-8,10H2,1-5H3. The molecule has 1 atom stereocenters. The molecule has 108 valence electrons. The van der Waals surface area contributed by atoms with Crippen molar-refractivity contribution < 1.29 is 0 Å². The van der Waals surface area contributed by atoms with Crippen molar-refractivity contribution in [3.8, 4) is 0 Å². The van der Waals surface area contributed by atoms with Crippen LogP contribution in [0.3, 0.4) is 0 Å². The minimum absolute atomic E-state index is 0.199. The molecule has 0 aromatic carbocycles. The summed E-state index contributed by atoms with van der Waals surface area (Å²) in [5, 5.41) is 3.92. The first-order valence-corrected chi connectivity index (χ1v) is 9.12. The number of nitrogens with one attached hydrogen (secondary N) is 1. The summed E-state index contributed by atoms with van der Waals surface area (Å²) in [5.41, 5.74) is 2.14. The molecular formula is C16H26INS. The van der Waals surface area contributed by atoms with Crippen LogP contribution in [0.25, 0.3) is 0 Å². The van der Waals surface area contributed by atoms with Gasteiger partial charge in [0.25, 0.3) is 0 Å². The average molecular weight is 391 g/mol. The Morgan fingerprint density at radius 2 is 2.00 bits per heavy atom. The SMILES string of the molecule is CC(C)(C)CC(C)(C)NC1CCCc2sc(I)cc21. The van der Waals surface area contributed by atoms with Gasteiger partial charge in [0.2, 0.25) is 0 Å². The quantitative estimate of drug-likeness (QED) is 0.668. The van der Waals surface area contributed by atoms with Crippen molar-refractivity contribution in [2.75, 3.05) is 0 Å². The Hall–Kier alpha value is 0.390. The number of thiophene rings is 1. The molecule has 0 fully saturated rings. The van der Waals surface area contributed by atoms with Gasteiger partial charge in [-0.05, 0) is 79.2 Å². The fourth-order valence-corrected chi connectivity index (χ4v) is 5.64. The van der Waals surface area contributed by atoms with Gasteiger partial charge in [-0.25, -0.2) is 0 Å². The number of hydrogen-bond donors (Lipinski definition) is 1. The lowest BCUT2D eigenvalue weighted by molar-refractivity contribution is 0.216. The summed E-state index contributed by atoms with van der Waals surface area (Å²) in [6.07, 6.45) is 5.09. The smallest absolute Gasteiger partial charge is 0.0659 e. The number of hydrogen-bond acceptors (Lipinski definition) is 2. The van der Waals surface area contributed by atoms with Crippen LogP contribution >= 0.6 is 33.9 Å². The maximum atomic E-state index is 3.92. The second-order valence-corrected chi connectivity index (χ2v) is 10.7. The van der Waals surface area contributed by atoms with Crippen molar-refractivity contribution in [1.29, 1.82) is 0 Å². The normalized spacial score (nSPS) is 20.4. The van der Waals surface area contributed by atoms with Crippen LogP contribution in [0.2, 0.25) is 0 Å². The molecule has 0 radical (unpaired) electrons. The zero-order valence-electron chi connectivity index (χ0n) is 12.8. The molecule has 0 saturated heterocycles. The summed E-state index contributed by atoms with van der Waals surface area (Å²) in [7, 11) is 0. The van der Waals surface area contributed by atoms with Gasteiger partial charge in [-0.3, -0.25) is 0 Å².